The Morgan fingerprint density at radius 3 is 3.00 bits per heavy atom. The van der Waals surface area contributed by atoms with Gasteiger partial charge in [-0.1, -0.05) is 11.6 Å². The molecule has 0 radical (unpaired) electrons. The molecule has 1 saturated heterocycles. The Hall–Kier alpha value is -0.840. The minimum atomic E-state index is -0.0774. The Labute approximate surface area is 131 Å². The van der Waals surface area contributed by atoms with Crippen molar-refractivity contribution in [3.63, 3.8) is 0 Å². The Morgan fingerprint density at radius 1 is 1.48 bits per heavy atom. The molecular formula is C16H24ClN3O. The summed E-state index contributed by atoms with van der Waals surface area (Å²) in [6.45, 7) is 4.84. The molecule has 1 aliphatic carbocycles. The highest BCUT2D eigenvalue weighted by Crippen LogP contribution is 2.28. The van der Waals surface area contributed by atoms with E-state index in [-0.39, 0.29) is 5.60 Å². The summed E-state index contributed by atoms with van der Waals surface area (Å²) in [5.41, 5.74) is 0.872. The topological polar surface area (TPSA) is 37.4 Å². The maximum absolute atomic E-state index is 6.28. The summed E-state index contributed by atoms with van der Waals surface area (Å²) in [7, 11) is 1.80. The highest BCUT2D eigenvalue weighted by molar-refractivity contribution is 6.31. The lowest BCUT2D eigenvalue weighted by molar-refractivity contribution is -0.00482. The van der Waals surface area contributed by atoms with Gasteiger partial charge in [0.1, 0.15) is 5.82 Å². The number of nitrogens with zero attached hydrogens (tertiary/aromatic N) is 2. The van der Waals surface area contributed by atoms with E-state index < -0.39 is 0 Å². The molecule has 1 saturated carbocycles. The first-order valence-corrected chi connectivity index (χ1v) is 8.16. The molecule has 1 atom stereocenters. The standard InChI is InChI=1S/C16H24ClN3O/c1-16(21-2)8-3-9-20(11-16)15-7-6-13(17)14(19-15)10-18-12-4-5-12/h6-7,12,18H,3-5,8-11H2,1-2H3. The van der Waals surface area contributed by atoms with Crippen molar-refractivity contribution in [1.29, 1.82) is 0 Å². The van der Waals surface area contributed by atoms with Gasteiger partial charge in [-0.15, -0.1) is 0 Å². The molecule has 1 unspecified atom stereocenters. The highest BCUT2D eigenvalue weighted by Gasteiger charge is 2.31. The van der Waals surface area contributed by atoms with Crippen LogP contribution in [0.25, 0.3) is 0 Å². The van der Waals surface area contributed by atoms with Gasteiger partial charge < -0.3 is 15.0 Å². The second-order valence-corrected chi connectivity index (χ2v) is 6.84. The Balaban J connectivity index is 1.73. The number of ether oxygens (including phenoxy) is 1. The van der Waals surface area contributed by atoms with Gasteiger partial charge in [0.15, 0.2) is 0 Å². The molecule has 0 aromatic carbocycles. The number of nitrogens with one attached hydrogen (secondary N) is 1. The number of halogens is 1. The summed E-state index contributed by atoms with van der Waals surface area (Å²) in [6.07, 6.45) is 4.78. The maximum atomic E-state index is 6.28. The SMILES string of the molecule is COC1(C)CCCN(c2ccc(Cl)c(CNC3CC3)n2)C1. The fourth-order valence-corrected chi connectivity index (χ4v) is 3.04. The third-order valence-electron chi connectivity index (χ3n) is 4.52. The number of hydrogen-bond acceptors (Lipinski definition) is 4. The average Bonchev–Trinajstić information content (AvgIpc) is 3.31. The van der Waals surface area contributed by atoms with Crippen molar-refractivity contribution in [3.8, 4) is 0 Å². The number of methoxy groups -OCH3 is 1. The van der Waals surface area contributed by atoms with Gasteiger partial charge in [0.2, 0.25) is 0 Å². The summed E-state index contributed by atoms with van der Waals surface area (Å²) in [6, 6.07) is 4.65. The molecule has 1 aromatic heterocycles. The average molecular weight is 310 g/mol. The van der Waals surface area contributed by atoms with E-state index >= 15 is 0 Å². The first-order chi connectivity index (χ1) is 10.1. The predicted molar refractivity (Wildman–Crippen MR) is 86.0 cm³/mol. The molecule has 1 aliphatic heterocycles. The van der Waals surface area contributed by atoms with Crippen molar-refractivity contribution in [2.75, 3.05) is 25.1 Å². The molecule has 0 spiro atoms. The number of piperidine rings is 1. The van der Waals surface area contributed by atoms with Crippen LogP contribution in [0.15, 0.2) is 12.1 Å². The molecule has 5 heteroatoms. The van der Waals surface area contributed by atoms with Crippen molar-refractivity contribution in [2.45, 2.75) is 50.8 Å². The molecule has 2 aliphatic rings. The third kappa shape index (κ3) is 3.68. The van der Waals surface area contributed by atoms with E-state index in [1.165, 1.54) is 12.8 Å². The van der Waals surface area contributed by atoms with Gasteiger partial charge in [-0.25, -0.2) is 4.98 Å². The largest absolute Gasteiger partial charge is 0.377 e. The van der Waals surface area contributed by atoms with Crippen molar-refractivity contribution in [1.82, 2.24) is 10.3 Å². The lowest BCUT2D eigenvalue weighted by atomic mass is 9.95. The van der Waals surface area contributed by atoms with E-state index in [1.54, 1.807) is 7.11 Å². The Morgan fingerprint density at radius 2 is 2.29 bits per heavy atom. The van der Waals surface area contributed by atoms with Crippen molar-refractivity contribution < 1.29 is 4.74 Å². The Bertz CT molecular complexity index is 506. The van der Waals surface area contributed by atoms with E-state index in [9.17, 15) is 0 Å². The number of rotatable bonds is 5. The fourth-order valence-electron chi connectivity index (χ4n) is 2.87. The lowest BCUT2D eigenvalue weighted by Crippen LogP contribution is -2.47. The molecule has 2 heterocycles. The van der Waals surface area contributed by atoms with Crippen LogP contribution in [-0.4, -0.2) is 36.8 Å². The van der Waals surface area contributed by atoms with Crippen LogP contribution in [0, 0.1) is 0 Å². The number of hydrogen-bond donors (Lipinski definition) is 1. The molecule has 116 valence electrons. The van der Waals surface area contributed by atoms with Gasteiger partial charge in [-0.3, -0.25) is 0 Å². The quantitative estimate of drug-likeness (QED) is 0.907. The summed E-state index contributed by atoms with van der Waals surface area (Å²) < 4.78 is 5.66. The van der Waals surface area contributed by atoms with Crippen LogP contribution >= 0.6 is 11.6 Å². The molecule has 21 heavy (non-hydrogen) atoms. The molecule has 3 rings (SSSR count). The van der Waals surface area contributed by atoms with Crippen molar-refractivity contribution >= 4 is 17.4 Å². The van der Waals surface area contributed by atoms with Crippen LogP contribution in [0.2, 0.25) is 5.02 Å². The molecule has 2 fully saturated rings. The van der Waals surface area contributed by atoms with Crippen LogP contribution in [0.1, 0.15) is 38.3 Å². The normalized spacial score (nSPS) is 26.1. The molecular weight excluding hydrogens is 286 g/mol. The lowest BCUT2D eigenvalue weighted by Gasteiger charge is -2.40. The molecule has 4 nitrogen and oxygen atoms in total. The van der Waals surface area contributed by atoms with Gasteiger partial charge >= 0.3 is 0 Å². The van der Waals surface area contributed by atoms with E-state index in [0.29, 0.717) is 6.04 Å². The Kier molecular flexibility index (Phi) is 4.38. The molecule has 1 aromatic rings. The first kappa shape index (κ1) is 15.1. The van der Waals surface area contributed by atoms with E-state index in [2.05, 4.69) is 17.1 Å². The number of anilines is 1. The first-order valence-electron chi connectivity index (χ1n) is 7.78. The number of pyridine rings is 1. The van der Waals surface area contributed by atoms with E-state index in [4.69, 9.17) is 21.3 Å². The zero-order valence-corrected chi connectivity index (χ0v) is 13.6. The van der Waals surface area contributed by atoms with Crippen LogP contribution in [0.5, 0.6) is 0 Å². The fraction of sp³-hybridized carbons (Fsp3) is 0.688. The van der Waals surface area contributed by atoms with Gasteiger partial charge in [-0.05, 0) is 44.7 Å². The van der Waals surface area contributed by atoms with Gasteiger partial charge in [-0.2, -0.15) is 0 Å². The second-order valence-electron chi connectivity index (χ2n) is 6.43. The smallest absolute Gasteiger partial charge is 0.129 e. The van der Waals surface area contributed by atoms with Crippen LogP contribution in [0.3, 0.4) is 0 Å². The van der Waals surface area contributed by atoms with Gasteiger partial charge in [0.25, 0.3) is 0 Å². The van der Waals surface area contributed by atoms with Crippen LogP contribution in [0.4, 0.5) is 5.82 Å². The van der Waals surface area contributed by atoms with Crippen LogP contribution < -0.4 is 10.2 Å². The molecule has 0 bridgehead atoms. The van der Waals surface area contributed by atoms with Crippen molar-refractivity contribution in [2.24, 2.45) is 0 Å². The number of aromatic nitrogens is 1. The third-order valence-corrected chi connectivity index (χ3v) is 4.86. The predicted octanol–water partition coefficient (Wildman–Crippen LogP) is 2.99. The van der Waals surface area contributed by atoms with Gasteiger partial charge in [0, 0.05) is 32.8 Å². The van der Waals surface area contributed by atoms with Crippen molar-refractivity contribution in [3.05, 3.63) is 22.8 Å². The summed E-state index contributed by atoms with van der Waals surface area (Å²) in [5, 5.41) is 4.23. The zero-order chi connectivity index (χ0) is 14.9. The van der Waals surface area contributed by atoms with E-state index in [1.807, 2.05) is 12.1 Å². The van der Waals surface area contributed by atoms with Gasteiger partial charge in [0.05, 0.1) is 16.3 Å². The summed E-state index contributed by atoms with van der Waals surface area (Å²) >= 11 is 6.28. The van der Waals surface area contributed by atoms with Crippen LogP contribution in [-0.2, 0) is 11.3 Å². The molecule has 0 amide bonds. The highest BCUT2D eigenvalue weighted by atomic mass is 35.5. The minimum Gasteiger partial charge on any atom is -0.377 e. The zero-order valence-electron chi connectivity index (χ0n) is 12.9. The maximum Gasteiger partial charge on any atom is 0.129 e. The minimum absolute atomic E-state index is 0.0774. The summed E-state index contributed by atoms with van der Waals surface area (Å²) in [4.78, 5) is 7.08. The van der Waals surface area contributed by atoms with E-state index in [0.717, 1.165) is 49.0 Å². The summed E-state index contributed by atoms with van der Waals surface area (Å²) in [5.74, 6) is 1.01. The second kappa shape index (κ2) is 6.11. The monoisotopic (exact) mass is 309 g/mol. The molecule has 1 N–H and O–H groups in total.